The maximum atomic E-state index is 7.08. The van der Waals surface area contributed by atoms with Gasteiger partial charge in [0.2, 0.25) is 0 Å². The maximum Gasteiger partial charge on any atom is 0.187 e. The van der Waals surface area contributed by atoms with Crippen LogP contribution in [0.15, 0.2) is 54.6 Å². The Morgan fingerprint density at radius 2 is 1.70 bits per heavy atom. The molecule has 3 rings (SSSR count). The van der Waals surface area contributed by atoms with E-state index in [1.807, 2.05) is 54.6 Å². The van der Waals surface area contributed by atoms with Gasteiger partial charge in [0.05, 0.1) is 25.8 Å². The van der Waals surface area contributed by atoms with Crippen molar-refractivity contribution in [3.8, 4) is 11.8 Å². The Morgan fingerprint density at radius 3 is 2.35 bits per heavy atom. The quantitative estimate of drug-likeness (QED) is 0.622. The third-order valence-electron chi connectivity index (χ3n) is 3.88. The van der Waals surface area contributed by atoms with Crippen LogP contribution in [-0.4, -0.2) is 31.2 Å². The molecule has 1 heterocycles. The lowest BCUT2D eigenvalue weighted by Gasteiger charge is -2.31. The second-order valence-corrected chi connectivity index (χ2v) is 5.39. The normalized spacial score (nSPS) is 16.0. The first-order chi connectivity index (χ1) is 11.4. The predicted octanol–water partition coefficient (Wildman–Crippen LogP) is 3.66. The first kappa shape index (κ1) is 15.3. The van der Waals surface area contributed by atoms with Gasteiger partial charge in [-0.3, -0.25) is 4.90 Å². The average Bonchev–Trinajstić information content (AvgIpc) is 2.64. The molecule has 23 heavy (non-hydrogen) atoms. The molecule has 1 aliphatic heterocycles. The van der Waals surface area contributed by atoms with Crippen LogP contribution in [0, 0.1) is 18.4 Å². The van der Waals surface area contributed by atoms with Gasteiger partial charge >= 0.3 is 0 Å². The standard InChI is InChI=1S/C20H18N2O/c1-21-19-10-8-18(9-11-19)20(22-13-15-23-16-14-22)12-7-17-5-3-2-4-6-17/h2-6,8-11,20H,13-16H2. The molecule has 2 aromatic rings. The van der Waals surface area contributed by atoms with Crippen molar-refractivity contribution in [2.75, 3.05) is 26.3 Å². The van der Waals surface area contributed by atoms with Gasteiger partial charge in [-0.05, 0) is 17.7 Å². The highest BCUT2D eigenvalue weighted by Gasteiger charge is 2.20. The number of nitrogens with zero attached hydrogens (tertiary/aromatic N) is 2. The minimum absolute atomic E-state index is 0.0267. The van der Waals surface area contributed by atoms with Crippen LogP contribution in [0.5, 0.6) is 0 Å². The molecule has 114 valence electrons. The van der Waals surface area contributed by atoms with E-state index in [1.165, 1.54) is 0 Å². The van der Waals surface area contributed by atoms with Crippen LogP contribution in [0.4, 0.5) is 5.69 Å². The third kappa shape index (κ3) is 3.99. The SMILES string of the molecule is [C-]#[N+]c1ccc(C(C#Cc2ccccc2)N2CCOCC2)cc1. The second-order valence-electron chi connectivity index (χ2n) is 5.39. The van der Waals surface area contributed by atoms with Gasteiger partial charge in [0.1, 0.15) is 0 Å². The Kier molecular flexibility index (Phi) is 5.06. The zero-order chi connectivity index (χ0) is 15.9. The maximum absolute atomic E-state index is 7.08. The molecule has 0 aliphatic carbocycles. The largest absolute Gasteiger partial charge is 0.379 e. The Bertz CT molecular complexity index is 729. The molecule has 0 aromatic heterocycles. The lowest BCUT2D eigenvalue weighted by atomic mass is 10.0. The fourth-order valence-corrected chi connectivity index (χ4v) is 2.63. The zero-order valence-electron chi connectivity index (χ0n) is 12.9. The summed E-state index contributed by atoms with van der Waals surface area (Å²) in [6, 6.07) is 17.8. The van der Waals surface area contributed by atoms with Crippen LogP contribution in [0.2, 0.25) is 0 Å². The highest BCUT2D eigenvalue weighted by atomic mass is 16.5. The molecular formula is C20H18N2O. The van der Waals surface area contributed by atoms with Crippen molar-refractivity contribution < 1.29 is 4.74 Å². The number of benzene rings is 2. The van der Waals surface area contributed by atoms with E-state index in [4.69, 9.17) is 11.3 Å². The van der Waals surface area contributed by atoms with Crippen molar-refractivity contribution in [2.45, 2.75) is 6.04 Å². The average molecular weight is 302 g/mol. The summed E-state index contributed by atoms with van der Waals surface area (Å²) in [5.74, 6) is 6.68. The molecule has 0 amide bonds. The first-order valence-electron chi connectivity index (χ1n) is 7.72. The van der Waals surface area contributed by atoms with E-state index >= 15 is 0 Å². The molecule has 0 bridgehead atoms. The fourth-order valence-electron chi connectivity index (χ4n) is 2.63. The molecule has 0 N–H and O–H groups in total. The van der Waals surface area contributed by atoms with Gasteiger partial charge < -0.3 is 4.74 Å². The van der Waals surface area contributed by atoms with E-state index in [2.05, 4.69) is 21.6 Å². The summed E-state index contributed by atoms with van der Waals surface area (Å²) < 4.78 is 5.46. The molecule has 1 atom stereocenters. The summed E-state index contributed by atoms with van der Waals surface area (Å²) in [6.45, 7) is 10.3. The van der Waals surface area contributed by atoms with Gasteiger partial charge in [0.25, 0.3) is 0 Å². The van der Waals surface area contributed by atoms with E-state index in [1.54, 1.807) is 0 Å². The zero-order valence-corrected chi connectivity index (χ0v) is 12.9. The van der Waals surface area contributed by atoms with Crippen LogP contribution in [0.3, 0.4) is 0 Å². The van der Waals surface area contributed by atoms with Gasteiger partial charge in [-0.15, -0.1) is 0 Å². The number of ether oxygens (including phenoxy) is 1. The van der Waals surface area contributed by atoms with Gasteiger partial charge in [0, 0.05) is 18.7 Å². The lowest BCUT2D eigenvalue weighted by Crippen LogP contribution is -2.38. The van der Waals surface area contributed by atoms with Crippen molar-refractivity contribution in [3.05, 3.63) is 77.1 Å². The summed E-state index contributed by atoms with van der Waals surface area (Å²) >= 11 is 0. The molecule has 3 nitrogen and oxygen atoms in total. The highest BCUT2D eigenvalue weighted by molar-refractivity contribution is 5.47. The molecular weight excluding hydrogens is 284 g/mol. The third-order valence-corrected chi connectivity index (χ3v) is 3.88. The first-order valence-corrected chi connectivity index (χ1v) is 7.72. The molecule has 0 radical (unpaired) electrons. The Labute approximate surface area is 137 Å². The van der Waals surface area contributed by atoms with Gasteiger partial charge in [-0.1, -0.05) is 54.3 Å². The van der Waals surface area contributed by atoms with E-state index < -0.39 is 0 Å². The smallest absolute Gasteiger partial charge is 0.187 e. The number of rotatable bonds is 2. The molecule has 1 saturated heterocycles. The number of hydrogen-bond donors (Lipinski definition) is 0. The van der Waals surface area contributed by atoms with Gasteiger partial charge in [-0.25, -0.2) is 4.85 Å². The van der Waals surface area contributed by atoms with Crippen LogP contribution in [0.25, 0.3) is 4.85 Å². The molecule has 1 fully saturated rings. The minimum Gasteiger partial charge on any atom is -0.379 e. The molecule has 2 aromatic carbocycles. The van der Waals surface area contributed by atoms with Crippen LogP contribution in [-0.2, 0) is 4.74 Å². The Balaban J connectivity index is 1.90. The van der Waals surface area contributed by atoms with Crippen molar-refractivity contribution in [3.63, 3.8) is 0 Å². The monoisotopic (exact) mass is 302 g/mol. The van der Waals surface area contributed by atoms with Crippen LogP contribution >= 0.6 is 0 Å². The van der Waals surface area contributed by atoms with Crippen LogP contribution in [0.1, 0.15) is 17.2 Å². The minimum atomic E-state index is 0.0267. The molecule has 3 heteroatoms. The topological polar surface area (TPSA) is 16.8 Å². The van der Waals surface area contributed by atoms with Gasteiger partial charge in [0.15, 0.2) is 5.69 Å². The lowest BCUT2D eigenvalue weighted by molar-refractivity contribution is 0.0270. The number of hydrogen-bond acceptors (Lipinski definition) is 2. The van der Waals surface area contributed by atoms with Crippen molar-refractivity contribution >= 4 is 5.69 Å². The fraction of sp³-hybridized carbons (Fsp3) is 0.250. The Morgan fingerprint density at radius 1 is 1.00 bits per heavy atom. The molecule has 0 saturated carbocycles. The van der Waals surface area contributed by atoms with E-state index in [9.17, 15) is 0 Å². The highest BCUT2D eigenvalue weighted by Crippen LogP contribution is 2.24. The summed E-state index contributed by atoms with van der Waals surface area (Å²) in [7, 11) is 0. The number of morpholine rings is 1. The van der Waals surface area contributed by atoms with Gasteiger partial charge in [-0.2, -0.15) is 0 Å². The van der Waals surface area contributed by atoms with E-state index in [-0.39, 0.29) is 6.04 Å². The van der Waals surface area contributed by atoms with Crippen molar-refractivity contribution in [1.82, 2.24) is 4.90 Å². The van der Waals surface area contributed by atoms with Crippen LogP contribution < -0.4 is 0 Å². The second kappa shape index (κ2) is 7.61. The summed E-state index contributed by atoms with van der Waals surface area (Å²) in [6.07, 6.45) is 0. The Hall–Kier alpha value is -2.59. The molecule has 1 unspecified atom stereocenters. The van der Waals surface area contributed by atoms with Crippen molar-refractivity contribution in [1.29, 1.82) is 0 Å². The van der Waals surface area contributed by atoms with E-state index in [0.717, 1.165) is 37.4 Å². The van der Waals surface area contributed by atoms with Crippen molar-refractivity contribution in [2.24, 2.45) is 0 Å². The summed E-state index contributed by atoms with van der Waals surface area (Å²) in [5, 5.41) is 0. The summed E-state index contributed by atoms with van der Waals surface area (Å²) in [5.41, 5.74) is 2.80. The molecule has 0 spiro atoms. The predicted molar refractivity (Wildman–Crippen MR) is 91.2 cm³/mol. The summed E-state index contributed by atoms with van der Waals surface area (Å²) in [4.78, 5) is 5.80. The molecule has 1 aliphatic rings. The van der Waals surface area contributed by atoms with E-state index in [0.29, 0.717) is 5.69 Å².